The lowest BCUT2D eigenvalue weighted by molar-refractivity contribution is 0.262. The van der Waals surface area contributed by atoms with E-state index in [2.05, 4.69) is 39.8 Å². The number of furan rings is 1. The number of nitrogens with one attached hydrogen (secondary N) is 3. The van der Waals surface area contributed by atoms with Crippen LogP contribution in [-0.2, 0) is 6.42 Å². The molecule has 3 N–H and O–H groups in total. The molecule has 0 fully saturated rings. The van der Waals surface area contributed by atoms with E-state index in [1.165, 1.54) is 11.9 Å². The van der Waals surface area contributed by atoms with Crippen molar-refractivity contribution in [1.82, 2.24) is 9.97 Å². The van der Waals surface area contributed by atoms with Crippen LogP contribution in [0.25, 0.3) is 22.4 Å². The first-order valence-electron chi connectivity index (χ1n) is 12.5. The van der Waals surface area contributed by atoms with E-state index in [1.807, 2.05) is 78.9 Å². The highest BCUT2D eigenvalue weighted by Crippen LogP contribution is 2.39. The van der Waals surface area contributed by atoms with E-state index in [9.17, 15) is 4.79 Å². The summed E-state index contributed by atoms with van der Waals surface area (Å²) in [6, 6.07) is 25.0. The van der Waals surface area contributed by atoms with E-state index in [0.29, 0.717) is 45.9 Å². The smallest absolute Gasteiger partial charge is 0.323 e. The molecule has 5 aromatic rings. The third-order valence-electron chi connectivity index (χ3n) is 6.22. The number of carbonyl (C=O) groups is 1. The zero-order valence-corrected chi connectivity index (χ0v) is 21.9. The Labute approximate surface area is 226 Å². The van der Waals surface area contributed by atoms with Gasteiger partial charge in [0, 0.05) is 23.5 Å². The summed E-state index contributed by atoms with van der Waals surface area (Å²) in [6.07, 6.45) is 2.21. The third-order valence-corrected chi connectivity index (χ3v) is 6.58. The van der Waals surface area contributed by atoms with Gasteiger partial charge in [-0.15, -0.1) is 0 Å². The number of amides is 2. The summed E-state index contributed by atoms with van der Waals surface area (Å²) >= 11 is 6.67. The van der Waals surface area contributed by atoms with Crippen LogP contribution in [-0.4, -0.2) is 22.5 Å². The molecule has 2 amide bonds. The van der Waals surface area contributed by atoms with E-state index in [-0.39, 0.29) is 6.03 Å². The number of halogens is 1. The van der Waals surface area contributed by atoms with Crippen molar-refractivity contribution in [3.63, 3.8) is 0 Å². The molecule has 8 heteroatoms. The van der Waals surface area contributed by atoms with Gasteiger partial charge in [-0.05, 0) is 47.7 Å². The molecule has 0 radical (unpaired) electrons. The zero-order chi connectivity index (χ0) is 26.5. The van der Waals surface area contributed by atoms with Gasteiger partial charge in [-0.1, -0.05) is 80.0 Å². The number of carbonyl (C=O) groups excluding carboxylic acids is 1. The fourth-order valence-electron chi connectivity index (χ4n) is 4.13. The molecular formula is C30H28ClN5O2. The number of aromatic nitrogens is 2. The van der Waals surface area contributed by atoms with Crippen LogP contribution in [0.1, 0.15) is 30.9 Å². The van der Waals surface area contributed by atoms with Crippen LogP contribution in [0.2, 0.25) is 5.02 Å². The molecule has 5 rings (SSSR count). The summed E-state index contributed by atoms with van der Waals surface area (Å²) in [6.45, 7) is 4.91. The van der Waals surface area contributed by atoms with E-state index < -0.39 is 0 Å². The summed E-state index contributed by atoms with van der Waals surface area (Å²) in [5.41, 5.74) is 5.14. The molecule has 2 aromatic heterocycles. The quantitative estimate of drug-likeness (QED) is 0.191. The SMILES string of the molecule is CC(C)c1ccc(NC(=O)Nc2ccc(CCNc3ncnc4oc(-c5ccccc5)c(Cl)c34)cc2)cc1. The first-order valence-corrected chi connectivity index (χ1v) is 12.8. The number of anilines is 3. The molecule has 0 aliphatic rings. The molecule has 192 valence electrons. The van der Waals surface area contributed by atoms with Crippen molar-refractivity contribution in [3.05, 3.63) is 101 Å². The summed E-state index contributed by atoms with van der Waals surface area (Å²) in [5.74, 6) is 1.65. The molecule has 2 heterocycles. The van der Waals surface area contributed by atoms with Crippen LogP contribution < -0.4 is 16.0 Å². The van der Waals surface area contributed by atoms with Gasteiger partial charge >= 0.3 is 6.03 Å². The number of fused-ring (bicyclic) bond motifs is 1. The Bertz CT molecular complexity index is 1530. The number of rotatable bonds is 8. The Morgan fingerprint density at radius 3 is 2.21 bits per heavy atom. The Kier molecular flexibility index (Phi) is 7.56. The van der Waals surface area contributed by atoms with Crippen LogP contribution in [0.4, 0.5) is 22.0 Å². The molecule has 0 saturated heterocycles. The summed E-state index contributed by atoms with van der Waals surface area (Å²) in [4.78, 5) is 21.0. The largest absolute Gasteiger partial charge is 0.436 e. The van der Waals surface area contributed by atoms with Crippen molar-refractivity contribution in [2.24, 2.45) is 0 Å². The maximum absolute atomic E-state index is 12.4. The Balaban J connectivity index is 1.17. The van der Waals surface area contributed by atoms with E-state index in [1.54, 1.807) is 0 Å². The Hall–Kier alpha value is -4.36. The maximum Gasteiger partial charge on any atom is 0.323 e. The molecule has 0 aliphatic heterocycles. The molecule has 0 aliphatic carbocycles. The number of urea groups is 1. The molecule has 0 saturated carbocycles. The molecule has 3 aromatic carbocycles. The molecule has 0 atom stereocenters. The predicted molar refractivity (Wildman–Crippen MR) is 154 cm³/mol. The van der Waals surface area contributed by atoms with Gasteiger partial charge in [0.15, 0.2) is 5.76 Å². The van der Waals surface area contributed by atoms with Crippen molar-refractivity contribution >= 4 is 45.9 Å². The number of nitrogens with zero attached hydrogens (tertiary/aromatic N) is 2. The molecule has 38 heavy (non-hydrogen) atoms. The second-order valence-electron chi connectivity index (χ2n) is 9.24. The van der Waals surface area contributed by atoms with Gasteiger partial charge in [-0.25, -0.2) is 14.8 Å². The number of hydrogen-bond donors (Lipinski definition) is 3. The highest BCUT2D eigenvalue weighted by molar-refractivity contribution is 6.38. The van der Waals surface area contributed by atoms with Gasteiger partial charge in [-0.2, -0.15) is 0 Å². The summed E-state index contributed by atoms with van der Waals surface area (Å²) in [5, 5.41) is 10.2. The van der Waals surface area contributed by atoms with Crippen LogP contribution in [0, 0.1) is 0 Å². The van der Waals surface area contributed by atoms with Gasteiger partial charge in [0.25, 0.3) is 0 Å². The Morgan fingerprint density at radius 2 is 1.55 bits per heavy atom. The lowest BCUT2D eigenvalue weighted by Gasteiger charge is -2.10. The minimum absolute atomic E-state index is 0.281. The van der Waals surface area contributed by atoms with Crippen molar-refractivity contribution < 1.29 is 9.21 Å². The van der Waals surface area contributed by atoms with Gasteiger partial charge in [0.2, 0.25) is 5.71 Å². The van der Waals surface area contributed by atoms with Gasteiger partial charge in [-0.3, -0.25) is 0 Å². The molecule has 0 spiro atoms. The van der Waals surface area contributed by atoms with Gasteiger partial charge in [0.1, 0.15) is 22.6 Å². The monoisotopic (exact) mass is 525 g/mol. The topological polar surface area (TPSA) is 92.1 Å². The normalized spacial score (nSPS) is 11.1. The van der Waals surface area contributed by atoms with Crippen molar-refractivity contribution in [1.29, 1.82) is 0 Å². The zero-order valence-electron chi connectivity index (χ0n) is 21.2. The van der Waals surface area contributed by atoms with Crippen molar-refractivity contribution in [2.45, 2.75) is 26.2 Å². The molecule has 0 unspecified atom stereocenters. The van der Waals surface area contributed by atoms with E-state index in [4.69, 9.17) is 16.0 Å². The lowest BCUT2D eigenvalue weighted by atomic mass is 10.0. The van der Waals surface area contributed by atoms with Crippen LogP contribution in [0.5, 0.6) is 0 Å². The average Bonchev–Trinajstić information content (AvgIpc) is 3.27. The first kappa shape index (κ1) is 25.3. The second kappa shape index (κ2) is 11.4. The fraction of sp³-hybridized carbons (Fsp3) is 0.167. The minimum atomic E-state index is -0.281. The molecular weight excluding hydrogens is 498 g/mol. The first-order chi connectivity index (χ1) is 18.5. The second-order valence-corrected chi connectivity index (χ2v) is 9.62. The maximum atomic E-state index is 12.4. The molecule has 7 nitrogen and oxygen atoms in total. The van der Waals surface area contributed by atoms with Crippen LogP contribution in [0.3, 0.4) is 0 Å². The van der Waals surface area contributed by atoms with E-state index in [0.717, 1.165) is 23.2 Å². The standard InChI is InChI=1S/C30H28ClN5O2/c1-19(2)21-10-14-24(15-11-21)36-30(37)35-23-12-8-20(9-13-23)16-17-32-28-25-26(31)27(22-6-4-3-5-7-22)38-29(25)34-18-33-28/h3-15,18-19H,16-17H2,1-2H3,(H,32,33,34)(H2,35,36,37). The van der Waals surface area contributed by atoms with Gasteiger partial charge in [0.05, 0.1) is 0 Å². The number of hydrogen-bond acceptors (Lipinski definition) is 5. The highest BCUT2D eigenvalue weighted by atomic mass is 35.5. The van der Waals surface area contributed by atoms with Crippen molar-refractivity contribution in [3.8, 4) is 11.3 Å². The molecule has 0 bridgehead atoms. The average molecular weight is 526 g/mol. The highest BCUT2D eigenvalue weighted by Gasteiger charge is 2.19. The Morgan fingerprint density at radius 1 is 0.895 bits per heavy atom. The third kappa shape index (κ3) is 5.79. The summed E-state index contributed by atoms with van der Waals surface area (Å²) in [7, 11) is 0. The van der Waals surface area contributed by atoms with E-state index >= 15 is 0 Å². The van der Waals surface area contributed by atoms with Crippen molar-refractivity contribution in [2.75, 3.05) is 22.5 Å². The van der Waals surface area contributed by atoms with Crippen LogP contribution in [0.15, 0.2) is 89.6 Å². The number of benzene rings is 3. The minimum Gasteiger partial charge on any atom is -0.436 e. The summed E-state index contributed by atoms with van der Waals surface area (Å²) < 4.78 is 5.92. The lowest BCUT2D eigenvalue weighted by Crippen LogP contribution is -2.19. The fourth-order valence-corrected chi connectivity index (χ4v) is 4.45. The van der Waals surface area contributed by atoms with Gasteiger partial charge < -0.3 is 20.4 Å². The van der Waals surface area contributed by atoms with Crippen LogP contribution >= 0.6 is 11.6 Å². The predicted octanol–water partition coefficient (Wildman–Crippen LogP) is 7.97.